The molecular formula is C17H19BrClNO. The number of rotatable bonds is 7. The van der Waals surface area contributed by atoms with E-state index in [2.05, 4.69) is 28.1 Å². The molecular weight excluding hydrogens is 350 g/mol. The molecule has 1 atom stereocenters. The van der Waals surface area contributed by atoms with Crippen LogP contribution in [0, 0.1) is 5.92 Å². The van der Waals surface area contributed by atoms with Gasteiger partial charge < -0.3 is 10.5 Å². The van der Waals surface area contributed by atoms with Crippen LogP contribution >= 0.6 is 27.5 Å². The second-order valence-corrected chi connectivity index (χ2v) is 6.38. The van der Waals surface area contributed by atoms with Crippen molar-refractivity contribution >= 4 is 27.5 Å². The number of hydrogen-bond acceptors (Lipinski definition) is 2. The first-order chi connectivity index (χ1) is 10.2. The molecule has 0 amide bonds. The van der Waals surface area contributed by atoms with Crippen LogP contribution in [0.15, 0.2) is 53.0 Å². The summed E-state index contributed by atoms with van der Waals surface area (Å²) in [4.78, 5) is 0. The van der Waals surface area contributed by atoms with Gasteiger partial charge in [-0.05, 0) is 67.3 Å². The van der Waals surface area contributed by atoms with Gasteiger partial charge in [-0.3, -0.25) is 0 Å². The number of benzene rings is 2. The van der Waals surface area contributed by atoms with Gasteiger partial charge in [-0.1, -0.05) is 39.7 Å². The van der Waals surface area contributed by atoms with Crippen molar-refractivity contribution in [2.75, 3.05) is 13.2 Å². The van der Waals surface area contributed by atoms with Crippen LogP contribution in [0.3, 0.4) is 0 Å². The highest BCUT2D eigenvalue weighted by atomic mass is 79.9. The van der Waals surface area contributed by atoms with Gasteiger partial charge in [0.25, 0.3) is 0 Å². The quantitative estimate of drug-likeness (QED) is 0.769. The molecule has 2 aromatic carbocycles. The van der Waals surface area contributed by atoms with E-state index in [-0.39, 0.29) is 0 Å². The molecule has 0 bridgehead atoms. The Hall–Kier alpha value is -1.03. The summed E-state index contributed by atoms with van der Waals surface area (Å²) >= 11 is 9.31. The van der Waals surface area contributed by atoms with Crippen molar-refractivity contribution in [2.24, 2.45) is 11.7 Å². The summed E-state index contributed by atoms with van der Waals surface area (Å²) in [7, 11) is 0. The highest BCUT2D eigenvalue weighted by molar-refractivity contribution is 9.10. The van der Waals surface area contributed by atoms with Crippen LogP contribution in [-0.2, 0) is 6.42 Å². The summed E-state index contributed by atoms with van der Waals surface area (Å²) in [5, 5.41) is 0.765. The molecule has 0 saturated heterocycles. The Labute approximate surface area is 139 Å². The van der Waals surface area contributed by atoms with Gasteiger partial charge in [0.1, 0.15) is 5.75 Å². The standard InChI is InChI=1S/C17H19BrClNO/c18-15-3-7-17(8-4-15)21-10-9-14(12-20)11-13-1-5-16(19)6-2-13/h1-8,14H,9-12,20H2. The number of ether oxygens (including phenoxy) is 1. The maximum Gasteiger partial charge on any atom is 0.119 e. The van der Waals surface area contributed by atoms with Gasteiger partial charge in [-0.25, -0.2) is 0 Å². The van der Waals surface area contributed by atoms with Crippen molar-refractivity contribution in [1.82, 2.24) is 0 Å². The lowest BCUT2D eigenvalue weighted by Gasteiger charge is -2.15. The predicted octanol–water partition coefficient (Wildman–Crippen LogP) is 4.69. The summed E-state index contributed by atoms with van der Waals surface area (Å²) in [6.45, 7) is 1.34. The second kappa shape index (κ2) is 8.42. The molecule has 2 N–H and O–H groups in total. The zero-order chi connectivity index (χ0) is 15.1. The highest BCUT2D eigenvalue weighted by Gasteiger charge is 2.08. The summed E-state index contributed by atoms with van der Waals surface area (Å²) in [6.07, 6.45) is 1.90. The van der Waals surface area contributed by atoms with Crippen LogP contribution in [0.5, 0.6) is 5.75 Å². The van der Waals surface area contributed by atoms with Crippen molar-refractivity contribution in [3.8, 4) is 5.75 Å². The molecule has 0 saturated carbocycles. The SMILES string of the molecule is NCC(CCOc1ccc(Br)cc1)Cc1ccc(Cl)cc1. The molecule has 2 aromatic rings. The van der Waals surface area contributed by atoms with Gasteiger partial charge in [-0.2, -0.15) is 0 Å². The minimum atomic E-state index is 0.418. The minimum absolute atomic E-state index is 0.418. The Bertz CT molecular complexity index is 542. The zero-order valence-corrected chi connectivity index (χ0v) is 14.1. The summed E-state index contributed by atoms with van der Waals surface area (Å²) in [5.74, 6) is 1.31. The van der Waals surface area contributed by atoms with Gasteiger partial charge in [0, 0.05) is 9.50 Å². The van der Waals surface area contributed by atoms with Crippen molar-refractivity contribution in [3.05, 3.63) is 63.6 Å². The molecule has 0 aliphatic rings. The van der Waals surface area contributed by atoms with Gasteiger partial charge in [-0.15, -0.1) is 0 Å². The molecule has 0 radical (unpaired) electrons. The fourth-order valence-electron chi connectivity index (χ4n) is 2.13. The molecule has 2 rings (SSSR count). The first-order valence-electron chi connectivity index (χ1n) is 7.00. The highest BCUT2D eigenvalue weighted by Crippen LogP contribution is 2.18. The molecule has 0 fully saturated rings. The molecule has 0 aliphatic heterocycles. The van der Waals surface area contributed by atoms with Gasteiger partial charge in [0.15, 0.2) is 0 Å². The number of hydrogen-bond donors (Lipinski definition) is 1. The molecule has 2 nitrogen and oxygen atoms in total. The Morgan fingerprint density at radius 1 is 1.05 bits per heavy atom. The average molecular weight is 369 g/mol. The second-order valence-electron chi connectivity index (χ2n) is 5.02. The van der Waals surface area contributed by atoms with E-state index >= 15 is 0 Å². The summed E-state index contributed by atoms with van der Waals surface area (Å²) in [5.41, 5.74) is 7.12. The fraction of sp³-hybridized carbons (Fsp3) is 0.294. The third kappa shape index (κ3) is 5.70. The van der Waals surface area contributed by atoms with Gasteiger partial charge in [0.05, 0.1) is 6.61 Å². The molecule has 0 aromatic heterocycles. The lowest BCUT2D eigenvalue weighted by atomic mass is 9.97. The van der Waals surface area contributed by atoms with Gasteiger partial charge >= 0.3 is 0 Å². The van der Waals surface area contributed by atoms with Crippen molar-refractivity contribution in [1.29, 1.82) is 0 Å². The Morgan fingerprint density at radius 2 is 1.71 bits per heavy atom. The maximum absolute atomic E-state index is 5.90. The maximum atomic E-state index is 5.90. The van der Waals surface area contributed by atoms with Crippen LogP contribution in [-0.4, -0.2) is 13.2 Å². The van der Waals surface area contributed by atoms with E-state index < -0.39 is 0 Å². The van der Waals surface area contributed by atoms with E-state index in [1.807, 2.05) is 36.4 Å². The Kier molecular flexibility index (Phi) is 6.55. The minimum Gasteiger partial charge on any atom is -0.494 e. The van der Waals surface area contributed by atoms with Crippen molar-refractivity contribution in [2.45, 2.75) is 12.8 Å². The van der Waals surface area contributed by atoms with Crippen LogP contribution in [0.2, 0.25) is 5.02 Å². The molecule has 21 heavy (non-hydrogen) atoms. The predicted molar refractivity (Wildman–Crippen MR) is 92.0 cm³/mol. The summed E-state index contributed by atoms with van der Waals surface area (Å²) < 4.78 is 6.81. The van der Waals surface area contributed by atoms with E-state index in [9.17, 15) is 0 Å². The van der Waals surface area contributed by atoms with Crippen LogP contribution in [0.25, 0.3) is 0 Å². The normalized spacial score (nSPS) is 12.1. The average Bonchev–Trinajstić information content (AvgIpc) is 2.50. The summed E-state index contributed by atoms with van der Waals surface area (Å²) in [6, 6.07) is 15.8. The van der Waals surface area contributed by atoms with Crippen LogP contribution in [0.1, 0.15) is 12.0 Å². The van der Waals surface area contributed by atoms with E-state index in [1.54, 1.807) is 0 Å². The smallest absolute Gasteiger partial charge is 0.119 e. The first-order valence-corrected chi connectivity index (χ1v) is 8.17. The fourth-order valence-corrected chi connectivity index (χ4v) is 2.52. The third-order valence-corrected chi connectivity index (χ3v) is 4.16. The van der Waals surface area contributed by atoms with E-state index in [0.29, 0.717) is 19.1 Å². The zero-order valence-electron chi connectivity index (χ0n) is 11.8. The lowest BCUT2D eigenvalue weighted by molar-refractivity contribution is 0.279. The largest absolute Gasteiger partial charge is 0.494 e. The Morgan fingerprint density at radius 3 is 2.33 bits per heavy atom. The van der Waals surface area contributed by atoms with Crippen molar-refractivity contribution in [3.63, 3.8) is 0 Å². The van der Waals surface area contributed by atoms with E-state index in [1.165, 1.54) is 5.56 Å². The third-order valence-electron chi connectivity index (χ3n) is 3.38. The monoisotopic (exact) mass is 367 g/mol. The van der Waals surface area contributed by atoms with Gasteiger partial charge in [0.2, 0.25) is 0 Å². The topological polar surface area (TPSA) is 35.2 Å². The molecule has 112 valence electrons. The molecule has 0 aliphatic carbocycles. The van der Waals surface area contributed by atoms with E-state index in [4.69, 9.17) is 22.1 Å². The molecule has 0 heterocycles. The number of nitrogens with two attached hydrogens (primary N) is 1. The lowest BCUT2D eigenvalue weighted by Crippen LogP contribution is -2.19. The Balaban J connectivity index is 1.79. The van der Waals surface area contributed by atoms with Crippen LogP contribution < -0.4 is 10.5 Å². The van der Waals surface area contributed by atoms with Crippen LogP contribution in [0.4, 0.5) is 0 Å². The van der Waals surface area contributed by atoms with E-state index in [0.717, 1.165) is 28.1 Å². The van der Waals surface area contributed by atoms with Crippen molar-refractivity contribution < 1.29 is 4.74 Å². The first kappa shape index (κ1) is 16.3. The number of halogens is 2. The molecule has 1 unspecified atom stereocenters. The molecule has 0 spiro atoms. The molecule has 4 heteroatoms.